The predicted octanol–water partition coefficient (Wildman–Crippen LogP) is 4.61. The zero-order chi connectivity index (χ0) is 14.7. The van der Waals surface area contributed by atoms with Crippen LogP contribution >= 0.6 is 15.9 Å². The quantitative estimate of drug-likeness (QED) is 0.762. The summed E-state index contributed by atoms with van der Waals surface area (Å²) < 4.78 is 19.1. The Balaban J connectivity index is 2.27. The molecule has 2 aromatic carbocycles. The van der Waals surface area contributed by atoms with Gasteiger partial charge in [0.2, 0.25) is 0 Å². The van der Waals surface area contributed by atoms with Gasteiger partial charge in [-0.25, -0.2) is 4.39 Å². The fourth-order valence-corrected chi connectivity index (χ4v) is 2.24. The number of benzene rings is 2. The summed E-state index contributed by atoms with van der Waals surface area (Å²) in [6, 6.07) is 11.2. The summed E-state index contributed by atoms with van der Waals surface area (Å²) in [6.45, 7) is 3.87. The first-order chi connectivity index (χ1) is 9.49. The smallest absolute Gasteiger partial charge is 0.194 e. The minimum Gasteiger partial charge on any atom is -0.491 e. The molecule has 0 atom stereocenters. The Kier molecular flexibility index (Phi) is 4.55. The lowest BCUT2D eigenvalue weighted by Crippen LogP contribution is -2.06. The van der Waals surface area contributed by atoms with Crippen LogP contribution in [0.3, 0.4) is 0 Å². The van der Waals surface area contributed by atoms with Crippen LogP contribution in [0.1, 0.15) is 29.8 Å². The first kappa shape index (κ1) is 14.7. The van der Waals surface area contributed by atoms with Gasteiger partial charge in [-0.05, 0) is 66.2 Å². The summed E-state index contributed by atoms with van der Waals surface area (Å²) in [7, 11) is 0. The fraction of sp³-hybridized carbons (Fsp3) is 0.188. The lowest BCUT2D eigenvalue weighted by molar-refractivity contribution is 0.103. The Hall–Kier alpha value is -1.68. The number of carbonyl (C=O) groups excluding carboxylic acids is 1. The van der Waals surface area contributed by atoms with Crippen LogP contribution in [0, 0.1) is 5.82 Å². The van der Waals surface area contributed by atoms with Crippen molar-refractivity contribution in [3.63, 3.8) is 0 Å². The molecule has 0 saturated heterocycles. The minimum absolute atomic E-state index is 0.0777. The van der Waals surface area contributed by atoms with E-state index in [4.69, 9.17) is 4.74 Å². The Morgan fingerprint density at radius 1 is 1.15 bits per heavy atom. The Morgan fingerprint density at radius 2 is 1.80 bits per heavy atom. The number of halogens is 2. The Morgan fingerprint density at radius 3 is 2.40 bits per heavy atom. The van der Waals surface area contributed by atoms with Crippen molar-refractivity contribution in [3.8, 4) is 5.75 Å². The van der Waals surface area contributed by atoms with E-state index in [1.54, 1.807) is 30.3 Å². The van der Waals surface area contributed by atoms with E-state index in [-0.39, 0.29) is 16.4 Å². The second-order valence-corrected chi connectivity index (χ2v) is 5.41. The normalized spacial score (nSPS) is 10.7. The zero-order valence-corrected chi connectivity index (χ0v) is 12.8. The number of ether oxygens (including phenoxy) is 1. The summed E-state index contributed by atoms with van der Waals surface area (Å²) in [6.07, 6.45) is 0.0777. The lowest BCUT2D eigenvalue weighted by atomic mass is 10.0. The molecule has 0 unspecified atom stereocenters. The van der Waals surface area contributed by atoms with Crippen LogP contribution in [0.4, 0.5) is 4.39 Å². The molecule has 0 aromatic heterocycles. The molecule has 2 rings (SSSR count). The number of carbonyl (C=O) groups is 1. The second-order valence-electron chi connectivity index (χ2n) is 4.62. The van der Waals surface area contributed by atoms with Crippen molar-refractivity contribution in [2.75, 3.05) is 0 Å². The van der Waals surface area contributed by atoms with E-state index in [2.05, 4.69) is 15.9 Å². The van der Waals surface area contributed by atoms with Crippen LogP contribution in [0.15, 0.2) is 46.9 Å². The average Bonchev–Trinajstić information content (AvgIpc) is 2.41. The molecule has 104 valence electrons. The molecule has 0 heterocycles. The van der Waals surface area contributed by atoms with E-state index in [1.165, 1.54) is 12.1 Å². The molecule has 0 spiro atoms. The Bertz CT molecular complexity index is 621. The maximum absolute atomic E-state index is 13.4. The first-order valence-corrected chi connectivity index (χ1v) is 7.03. The zero-order valence-electron chi connectivity index (χ0n) is 11.2. The van der Waals surface area contributed by atoms with Gasteiger partial charge in [-0.1, -0.05) is 6.07 Å². The summed E-state index contributed by atoms with van der Waals surface area (Å²) in [5, 5.41) is 0. The van der Waals surface area contributed by atoms with E-state index in [0.29, 0.717) is 16.9 Å². The molecule has 0 N–H and O–H groups in total. The standard InChI is InChI=1S/C16H14BrFO2/c1-10(2)20-12-8-6-11(7-9-12)16(19)13-4-3-5-14(18)15(13)17/h3-10H,1-2H3. The molecule has 0 amide bonds. The summed E-state index contributed by atoms with van der Waals surface area (Å²) in [5.41, 5.74) is 0.801. The van der Waals surface area contributed by atoms with Gasteiger partial charge in [0.15, 0.2) is 5.78 Å². The lowest BCUT2D eigenvalue weighted by Gasteiger charge is -2.10. The highest BCUT2D eigenvalue weighted by Gasteiger charge is 2.15. The molecule has 2 aromatic rings. The van der Waals surface area contributed by atoms with Crippen LogP contribution in [-0.4, -0.2) is 11.9 Å². The third-order valence-corrected chi connectivity index (χ3v) is 3.49. The minimum atomic E-state index is -0.449. The van der Waals surface area contributed by atoms with Crippen LogP contribution < -0.4 is 4.74 Å². The fourth-order valence-electron chi connectivity index (χ4n) is 1.79. The molecule has 0 bridgehead atoms. The van der Waals surface area contributed by atoms with Gasteiger partial charge in [0.1, 0.15) is 11.6 Å². The first-order valence-electron chi connectivity index (χ1n) is 6.24. The number of hydrogen-bond donors (Lipinski definition) is 0. The van der Waals surface area contributed by atoms with Gasteiger partial charge < -0.3 is 4.74 Å². The van der Waals surface area contributed by atoms with Crippen molar-refractivity contribution in [2.24, 2.45) is 0 Å². The molecular weight excluding hydrogens is 323 g/mol. The molecule has 20 heavy (non-hydrogen) atoms. The van der Waals surface area contributed by atoms with Crippen LogP contribution in [0.2, 0.25) is 0 Å². The van der Waals surface area contributed by atoms with Gasteiger partial charge in [-0.3, -0.25) is 4.79 Å². The van der Waals surface area contributed by atoms with E-state index in [0.717, 1.165) is 0 Å². The van der Waals surface area contributed by atoms with Crippen LogP contribution in [-0.2, 0) is 0 Å². The maximum Gasteiger partial charge on any atom is 0.194 e. The molecular formula is C16H14BrFO2. The molecule has 0 aliphatic rings. The van der Waals surface area contributed by atoms with Crippen molar-refractivity contribution >= 4 is 21.7 Å². The third kappa shape index (κ3) is 3.25. The van der Waals surface area contributed by atoms with Gasteiger partial charge in [0.25, 0.3) is 0 Å². The van der Waals surface area contributed by atoms with Crippen molar-refractivity contribution < 1.29 is 13.9 Å². The predicted molar refractivity (Wildman–Crippen MR) is 79.7 cm³/mol. The highest BCUT2D eigenvalue weighted by Crippen LogP contribution is 2.24. The summed E-state index contributed by atoms with van der Waals surface area (Å²) in [4.78, 5) is 12.3. The van der Waals surface area contributed by atoms with Gasteiger partial charge in [0, 0.05) is 11.1 Å². The van der Waals surface area contributed by atoms with Gasteiger partial charge in [-0.2, -0.15) is 0 Å². The number of ketones is 1. The topological polar surface area (TPSA) is 26.3 Å². The SMILES string of the molecule is CC(C)Oc1ccc(C(=O)c2cccc(F)c2Br)cc1. The average molecular weight is 337 g/mol. The highest BCUT2D eigenvalue weighted by atomic mass is 79.9. The van der Waals surface area contributed by atoms with E-state index >= 15 is 0 Å². The maximum atomic E-state index is 13.4. The molecule has 0 aliphatic carbocycles. The largest absolute Gasteiger partial charge is 0.491 e. The van der Waals surface area contributed by atoms with Gasteiger partial charge in [-0.15, -0.1) is 0 Å². The molecule has 4 heteroatoms. The molecule has 0 radical (unpaired) electrons. The van der Waals surface area contributed by atoms with Gasteiger partial charge in [0.05, 0.1) is 10.6 Å². The molecule has 0 aliphatic heterocycles. The summed E-state index contributed by atoms with van der Waals surface area (Å²) >= 11 is 3.10. The Labute approximate surface area is 125 Å². The molecule has 2 nitrogen and oxygen atoms in total. The van der Waals surface area contributed by atoms with Gasteiger partial charge >= 0.3 is 0 Å². The van der Waals surface area contributed by atoms with Crippen molar-refractivity contribution in [2.45, 2.75) is 20.0 Å². The third-order valence-electron chi connectivity index (χ3n) is 2.68. The highest BCUT2D eigenvalue weighted by molar-refractivity contribution is 9.10. The van der Waals surface area contributed by atoms with E-state index in [1.807, 2.05) is 13.8 Å². The van der Waals surface area contributed by atoms with Crippen molar-refractivity contribution in [3.05, 3.63) is 63.9 Å². The number of hydrogen-bond acceptors (Lipinski definition) is 2. The van der Waals surface area contributed by atoms with Crippen molar-refractivity contribution in [1.29, 1.82) is 0 Å². The van der Waals surface area contributed by atoms with Crippen LogP contribution in [0.5, 0.6) is 5.75 Å². The van der Waals surface area contributed by atoms with Crippen molar-refractivity contribution in [1.82, 2.24) is 0 Å². The van der Waals surface area contributed by atoms with Crippen LogP contribution in [0.25, 0.3) is 0 Å². The summed E-state index contributed by atoms with van der Waals surface area (Å²) in [5.74, 6) is 0.0259. The molecule has 0 saturated carbocycles. The second kappa shape index (κ2) is 6.18. The number of rotatable bonds is 4. The molecule has 0 fully saturated rings. The monoisotopic (exact) mass is 336 g/mol. The van der Waals surface area contributed by atoms with E-state index < -0.39 is 5.82 Å². The van der Waals surface area contributed by atoms with E-state index in [9.17, 15) is 9.18 Å².